The van der Waals surface area contributed by atoms with Gasteiger partial charge in [0.05, 0.1) is 12.5 Å². The average Bonchev–Trinajstić information content (AvgIpc) is 3.30. The fourth-order valence-electron chi connectivity index (χ4n) is 2.10. The quantitative estimate of drug-likeness (QED) is 0.789. The van der Waals surface area contributed by atoms with E-state index in [1.54, 1.807) is 0 Å². The Morgan fingerprint density at radius 2 is 2.20 bits per heavy atom. The lowest BCUT2D eigenvalue weighted by molar-refractivity contribution is 0.793. The summed E-state index contributed by atoms with van der Waals surface area (Å²) in [7, 11) is 0. The van der Waals surface area contributed by atoms with Crippen molar-refractivity contribution in [2.45, 2.75) is 45.4 Å². The molecular weight excluding hydrogens is 250 g/mol. The van der Waals surface area contributed by atoms with Gasteiger partial charge < -0.3 is 10.2 Å². The Morgan fingerprint density at radius 3 is 2.80 bits per heavy atom. The third-order valence-electron chi connectivity index (χ3n) is 3.43. The summed E-state index contributed by atoms with van der Waals surface area (Å²) < 4.78 is 0. The Hall–Kier alpha value is -1.83. The van der Waals surface area contributed by atoms with Crippen LogP contribution in [-0.2, 0) is 0 Å². The van der Waals surface area contributed by atoms with E-state index in [1.165, 1.54) is 12.8 Å². The highest BCUT2D eigenvalue weighted by Gasteiger charge is 2.27. The molecule has 1 aromatic rings. The second kappa shape index (κ2) is 7.09. The predicted octanol–water partition coefficient (Wildman–Crippen LogP) is 2.92. The molecule has 1 aliphatic rings. The van der Waals surface area contributed by atoms with Crippen molar-refractivity contribution in [1.82, 2.24) is 9.97 Å². The minimum absolute atomic E-state index is 0.522. The summed E-state index contributed by atoms with van der Waals surface area (Å²) >= 11 is 0. The maximum absolute atomic E-state index is 8.76. The number of hydrogen-bond acceptors (Lipinski definition) is 5. The molecule has 5 nitrogen and oxygen atoms in total. The molecule has 0 bridgehead atoms. The Bertz CT molecular complexity index is 476. The first-order chi connectivity index (χ1) is 9.78. The van der Waals surface area contributed by atoms with E-state index in [9.17, 15) is 0 Å². The number of hydrogen-bond donors (Lipinski definition) is 1. The number of nitrogens with one attached hydrogen (secondary N) is 1. The van der Waals surface area contributed by atoms with Crippen LogP contribution < -0.4 is 10.2 Å². The van der Waals surface area contributed by atoms with E-state index in [4.69, 9.17) is 10.2 Å². The molecule has 1 fully saturated rings. The Balaban J connectivity index is 2.20. The monoisotopic (exact) mass is 273 g/mol. The SMILES string of the molecule is CCCNc1cc(N(CC)CCC#N)nc(C2CC2)n1. The average molecular weight is 273 g/mol. The fourth-order valence-corrected chi connectivity index (χ4v) is 2.10. The molecule has 1 saturated carbocycles. The first-order valence-electron chi connectivity index (χ1n) is 7.53. The van der Waals surface area contributed by atoms with Gasteiger partial charge in [0.15, 0.2) is 0 Å². The van der Waals surface area contributed by atoms with Gasteiger partial charge in [0.2, 0.25) is 0 Å². The molecule has 0 unspecified atom stereocenters. The molecule has 5 heteroatoms. The van der Waals surface area contributed by atoms with Crippen molar-refractivity contribution in [2.24, 2.45) is 0 Å². The first-order valence-corrected chi connectivity index (χ1v) is 7.53. The van der Waals surface area contributed by atoms with E-state index in [2.05, 4.69) is 35.1 Å². The summed E-state index contributed by atoms with van der Waals surface area (Å²) in [6.07, 6.45) is 3.99. The van der Waals surface area contributed by atoms with Gasteiger partial charge in [0, 0.05) is 31.6 Å². The molecule has 1 aliphatic carbocycles. The van der Waals surface area contributed by atoms with Gasteiger partial charge in [-0.2, -0.15) is 5.26 Å². The van der Waals surface area contributed by atoms with Crippen LogP contribution in [0.1, 0.15) is 51.3 Å². The molecule has 1 heterocycles. The van der Waals surface area contributed by atoms with Crippen LogP contribution in [0.4, 0.5) is 11.6 Å². The molecule has 108 valence electrons. The maximum Gasteiger partial charge on any atom is 0.136 e. The molecule has 0 aliphatic heterocycles. The molecule has 0 radical (unpaired) electrons. The van der Waals surface area contributed by atoms with Crippen LogP contribution in [0.15, 0.2) is 6.07 Å². The van der Waals surface area contributed by atoms with Gasteiger partial charge in [0.25, 0.3) is 0 Å². The van der Waals surface area contributed by atoms with Gasteiger partial charge in [-0.1, -0.05) is 6.92 Å². The number of anilines is 2. The molecule has 0 aromatic carbocycles. The summed E-state index contributed by atoms with van der Waals surface area (Å²) in [4.78, 5) is 11.5. The van der Waals surface area contributed by atoms with Crippen LogP contribution in [0, 0.1) is 11.3 Å². The zero-order chi connectivity index (χ0) is 14.4. The van der Waals surface area contributed by atoms with Gasteiger partial charge in [-0.05, 0) is 26.2 Å². The van der Waals surface area contributed by atoms with Crippen LogP contribution >= 0.6 is 0 Å². The summed E-state index contributed by atoms with van der Waals surface area (Å²) in [5.41, 5.74) is 0. The van der Waals surface area contributed by atoms with Crippen molar-refractivity contribution in [3.8, 4) is 6.07 Å². The zero-order valence-electron chi connectivity index (χ0n) is 12.4. The van der Waals surface area contributed by atoms with Crippen molar-refractivity contribution in [2.75, 3.05) is 29.9 Å². The molecule has 20 heavy (non-hydrogen) atoms. The number of aromatic nitrogens is 2. The van der Waals surface area contributed by atoms with Crippen molar-refractivity contribution in [1.29, 1.82) is 5.26 Å². The Labute approximate surface area is 121 Å². The van der Waals surface area contributed by atoms with Crippen molar-refractivity contribution in [3.63, 3.8) is 0 Å². The van der Waals surface area contributed by atoms with E-state index >= 15 is 0 Å². The second-order valence-corrected chi connectivity index (χ2v) is 5.16. The molecule has 0 atom stereocenters. The summed E-state index contributed by atoms with van der Waals surface area (Å²) in [5, 5.41) is 12.1. The Kier molecular flexibility index (Phi) is 5.16. The van der Waals surface area contributed by atoms with E-state index in [-0.39, 0.29) is 0 Å². The number of nitriles is 1. The fraction of sp³-hybridized carbons (Fsp3) is 0.667. The molecule has 1 N–H and O–H groups in total. The smallest absolute Gasteiger partial charge is 0.136 e. The summed E-state index contributed by atoms with van der Waals surface area (Å²) in [5.74, 6) is 3.34. The van der Waals surface area contributed by atoms with Gasteiger partial charge in [-0.3, -0.25) is 0 Å². The van der Waals surface area contributed by atoms with Gasteiger partial charge in [0.1, 0.15) is 17.5 Å². The van der Waals surface area contributed by atoms with E-state index < -0.39 is 0 Å². The molecular formula is C15H23N5. The standard InChI is InChI=1S/C15H23N5/c1-3-9-17-13-11-14(20(4-2)10-5-8-16)19-15(18-13)12-6-7-12/h11-12H,3-7,9-10H2,1-2H3,(H,17,18,19). The predicted molar refractivity (Wildman–Crippen MR) is 80.9 cm³/mol. The normalized spacial score (nSPS) is 13.8. The number of nitrogens with zero attached hydrogens (tertiary/aromatic N) is 4. The minimum atomic E-state index is 0.522. The largest absolute Gasteiger partial charge is 0.370 e. The van der Waals surface area contributed by atoms with Gasteiger partial charge in [-0.15, -0.1) is 0 Å². The molecule has 0 amide bonds. The molecule has 0 spiro atoms. The summed E-state index contributed by atoms with van der Waals surface area (Å²) in [6, 6.07) is 4.20. The van der Waals surface area contributed by atoms with Gasteiger partial charge in [-0.25, -0.2) is 9.97 Å². The lowest BCUT2D eigenvalue weighted by Crippen LogP contribution is -2.25. The zero-order valence-corrected chi connectivity index (χ0v) is 12.4. The maximum atomic E-state index is 8.76. The van der Waals surface area contributed by atoms with E-state index in [1.807, 2.05) is 6.07 Å². The third kappa shape index (κ3) is 3.83. The lowest BCUT2D eigenvalue weighted by atomic mass is 10.3. The van der Waals surface area contributed by atoms with Crippen LogP contribution in [-0.4, -0.2) is 29.6 Å². The van der Waals surface area contributed by atoms with Crippen molar-refractivity contribution >= 4 is 11.6 Å². The first kappa shape index (κ1) is 14.6. The highest BCUT2D eigenvalue weighted by atomic mass is 15.2. The highest BCUT2D eigenvalue weighted by Crippen LogP contribution is 2.39. The van der Waals surface area contributed by atoms with Crippen LogP contribution in [0.2, 0.25) is 0 Å². The second-order valence-electron chi connectivity index (χ2n) is 5.16. The third-order valence-corrected chi connectivity index (χ3v) is 3.43. The van der Waals surface area contributed by atoms with Gasteiger partial charge >= 0.3 is 0 Å². The molecule has 0 saturated heterocycles. The van der Waals surface area contributed by atoms with Crippen LogP contribution in [0.5, 0.6) is 0 Å². The van der Waals surface area contributed by atoms with Crippen LogP contribution in [0.25, 0.3) is 0 Å². The topological polar surface area (TPSA) is 64.8 Å². The van der Waals surface area contributed by atoms with Crippen molar-refractivity contribution < 1.29 is 0 Å². The highest BCUT2D eigenvalue weighted by molar-refractivity contribution is 5.50. The van der Waals surface area contributed by atoms with E-state index in [0.717, 1.165) is 43.5 Å². The van der Waals surface area contributed by atoms with Crippen molar-refractivity contribution in [3.05, 3.63) is 11.9 Å². The molecule has 2 rings (SSSR count). The lowest BCUT2D eigenvalue weighted by Gasteiger charge is -2.22. The number of rotatable bonds is 8. The van der Waals surface area contributed by atoms with Crippen LogP contribution in [0.3, 0.4) is 0 Å². The summed E-state index contributed by atoms with van der Waals surface area (Å²) in [6.45, 7) is 6.74. The van der Waals surface area contributed by atoms with E-state index in [0.29, 0.717) is 12.3 Å². The Morgan fingerprint density at radius 1 is 1.40 bits per heavy atom. The molecule has 1 aromatic heterocycles. The minimum Gasteiger partial charge on any atom is -0.370 e.